The Morgan fingerprint density at radius 1 is 1.53 bits per heavy atom. The molecule has 1 aliphatic rings. The molecule has 0 amide bonds. The van der Waals surface area contributed by atoms with Crippen molar-refractivity contribution in [1.82, 2.24) is 0 Å². The average molecular weight is 236 g/mol. The fourth-order valence-corrected chi connectivity index (χ4v) is 2.44. The molecule has 17 heavy (non-hydrogen) atoms. The molecule has 0 fully saturated rings. The number of aliphatic hydroxyl groups excluding tert-OH is 1. The zero-order valence-electron chi connectivity index (χ0n) is 9.72. The van der Waals surface area contributed by atoms with Crippen molar-refractivity contribution in [3.63, 3.8) is 0 Å². The van der Waals surface area contributed by atoms with Crippen LogP contribution in [0.3, 0.4) is 0 Å². The molecule has 1 aromatic rings. The number of hydrogen-bond acceptors (Lipinski definition) is 3. The molecule has 1 aromatic carbocycles. The lowest BCUT2D eigenvalue weighted by molar-refractivity contribution is -0.148. The lowest BCUT2D eigenvalue weighted by Gasteiger charge is -2.27. The molecule has 2 unspecified atom stereocenters. The maximum absolute atomic E-state index is 10.9. The molecule has 0 aromatic heterocycles. The van der Waals surface area contributed by atoms with Crippen LogP contribution in [-0.2, 0) is 11.2 Å². The second-order valence-corrected chi connectivity index (χ2v) is 4.35. The minimum Gasteiger partial charge on any atom is -0.497 e. The number of aliphatic hydroxyl groups is 1. The fourth-order valence-electron chi connectivity index (χ4n) is 2.44. The van der Waals surface area contributed by atoms with Crippen LogP contribution in [0.5, 0.6) is 5.75 Å². The largest absolute Gasteiger partial charge is 0.497 e. The van der Waals surface area contributed by atoms with Gasteiger partial charge >= 0.3 is 5.97 Å². The van der Waals surface area contributed by atoms with Gasteiger partial charge in [-0.25, -0.2) is 4.79 Å². The van der Waals surface area contributed by atoms with E-state index in [1.807, 2.05) is 18.2 Å². The van der Waals surface area contributed by atoms with Crippen LogP contribution in [0.15, 0.2) is 18.2 Å². The summed E-state index contributed by atoms with van der Waals surface area (Å²) in [6.07, 6.45) is 1.21. The average Bonchev–Trinajstić information content (AvgIpc) is 2.36. The Balaban J connectivity index is 2.38. The highest BCUT2D eigenvalue weighted by molar-refractivity contribution is 5.73. The molecule has 2 N–H and O–H groups in total. The van der Waals surface area contributed by atoms with E-state index in [0.717, 1.165) is 24.0 Å². The van der Waals surface area contributed by atoms with Gasteiger partial charge in [0.05, 0.1) is 7.11 Å². The zero-order valence-corrected chi connectivity index (χ0v) is 9.72. The van der Waals surface area contributed by atoms with Crippen LogP contribution in [0, 0.1) is 0 Å². The molecular formula is C13H16O4. The molecule has 0 saturated carbocycles. The van der Waals surface area contributed by atoms with Crippen LogP contribution in [0.4, 0.5) is 0 Å². The second kappa shape index (κ2) is 4.75. The Morgan fingerprint density at radius 2 is 2.29 bits per heavy atom. The van der Waals surface area contributed by atoms with Crippen LogP contribution >= 0.6 is 0 Å². The van der Waals surface area contributed by atoms with Gasteiger partial charge in [-0.05, 0) is 42.5 Å². The molecule has 0 saturated heterocycles. The van der Waals surface area contributed by atoms with E-state index in [2.05, 4.69) is 0 Å². The number of fused-ring (bicyclic) bond motifs is 1. The van der Waals surface area contributed by atoms with Gasteiger partial charge in [0, 0.05) is 5.92 Å². The predicted octanol–water partition coefficient (Wildman–Crippen LogP) is 1.56. The molecule has 0 heterocycles. The molecule has 0 aliphatic heterocycles. The first-order valence-electron chi connectivity index (χ1n) is 5.71. The minimum atomic E-state index is -1.33. The van der Waals surface area contributed by atoms with Crippen LogP contribution in [0.2, 0.25) is 0 Å². The van der Waals surface area contributed by atoms with E-state index >= 15 is 0 Å². The van der Waals surface area contributed by atoms with Crippen molar-refractivity contribution >= 4 is 5.97 Å². The normalized spacial score (nSPS) is 20.5. The minimum absolute atomic E-state index is 0.327. The highest BCUT2D eigenvalue weighted by Crippen LogP contribution is 2.36. The quantitative estimate of drug-likeness (QED) is 0.835. The van der Waals surface area contributed by atoms with Crippen molar-refractivity contribution in [1.29, 1.82) is 0 Å². The number of aryl methyl sites for hydroxylation is 1. The zero-order chi connectivity index (χ0) is 12.4. The third-order valence-corrected chi connectivity index (χ3v) is 3.35. The van der Waals surface area contributed by atoms with Gasteiger partial charge in [0.15, 0.2) is 6.10 Å². The summed E-state index contributed by atoms with van der Waals surface area (Å²) in [5.74, 6) is -0.787. The van der Waals surface area contributed by atoms with Crippen LogP contribution in [0.25, 0.3) is 0 Å². The number of ether oxygens (including phenoxy) is 1. The first kappa shape index (κ1) is 11.9. The van der Waals surface area contributed by atoms with E-state index < -0.39 is 12.1 Å². The fraction of sp³-hybridized carbons (Fsp3) is 0.462. The van der Waals surface area contributed by atoms with E-state index in [9.17, 15) is 9.90 Å². The van der Waals surface area contributed by atoms with E-state index in [1.54, 1.807) is 7.11 Å². The van der Waals surface area contributed by atoms with E-state index in [-0.39, 0.29) is 5.92 Å². The van der Waals surface area contributed by atoms with Crippen LogP contribution in [0.1, 0.15) is 29.9 Å². The van der Waals surface area contributed by atoms with Gasteiger partial charge in [-0.3, -0.25) is 0 Å². The Morgan fingerprint density at radius 3 is 2.94 bits per heavy atom. The molecule has 0 spiro atoms. The van der Waals surface area contributed by atoms with Gasteiger partial charge in [0.2, 0.25) is 0 Å². The number of carboxylic acid groups (broad SMARTS) is 1. The maximum atomic E-state index is 10.9. The number of carbonyl (C=O) groups is 1. The summed E-state index contributed by atoms with van der Waals surface area (Å²) >= 11 is 0. The summed E-state index contributed by atoms with van der Waals surface area (Å²) < 4.78 is 5.14. The summed E-state index contributed by atoms with van der Waals surface area (Å²) in [7, 11) is 1.58. The Bertz CT molecular complexity index is 427. The van der Waals surface area contributed by atoms with Gasteiger partial charge in [-0.2, -0.15) is 0 Å². The molecule has 4 heteroatoms. The highest BCUT2D eigenvalue weighted by atomic mass is 16.5. The van der Waals surface area contributed by atoms with Crippen molar-refractivity contribution in [3.05, 3.63) is 29.3 Å². The third kappa shape index (κ3) is 2.26. The Kier molecular flexibility index (Phi) is 3.33. The standard InChI is InChI=1S/C13H16O4/c1-17-9-6-5-8-3-2-4-10(11(8)7-9)12(14)13(15)16/h5-7,10,12,14H,2-4H2,1H3,(H,15,16). The summed E-state index contributed by atoms with van der Waals surface area (Å²) in [6, 6.07) is 5.66. The van der Waals surface area contributed by atoms with E-state index in [0.29, 0.717) is 12.2 Å². The first-order valence-corrected chi connectivity index (χ1v) is 5.71. The Hall–Kier alpha value is -1.55. The smallest absolute Gasteiger partial charge is 0.333 e. The number of benzene rings is 1. The molecule has 0 bridgehead atoms. The summed E-state index contributed by atoms with van der Waals surface area (Å²) in [6.45, 7) is 0. The van der Waals surface area contributed by atoms with Gasteiger partial charge < -0.3 is 14.9 Å². The topological polar surface area (TPSA) is 66.8 Å². The number of methoxy groups -OCH3 is 1. The van der Waals surface area contributed by atoms with E-state index in [1.165, 1.54) is 0 Å². The van der Waals surface area contributed by atoms with Crippen molar-refractivity contribution in [2.24, 2.45) is 0 Å². The monoisotopic (exact) mass is 236 g/mol. The predicted molar refractivity (Wildman–Crippen MR) is 62.3 cm³/mol. The molecule has 2 rings (SSSR count). The van der Waals surface area contributed by atoms with Crippen molar-refractivity contribution in [2.75, 3.05) is 7.11 Å². The molecule has 4 nitrogen and oxygen atoms in total. The lowest BCUT2D eigenvalue weighted by atomic mass is 9.79. The lowest BCUT2D eigenvalue weighted by Crippen LogP contribution is -2.30. The SMILES string of the molecule is COc1ccc2c(c1)C(C(O)C(=O)O)CCC2. The van der Waals surface area contributed by atoms with Gasteiger partial charge in [0.25, 0.3) is 0 Å². The maximum Gasteiger partial charge on any atom is 0.333 e. The Labute approximate surface area is 99.8 Å². The van der Waals surface area contributed by atoms with Crippen LogP contribution < -0.4 is 4.74 Å². The van der Waals surface area contributed by atoms with Gasteiger partial charge in [-0.1, -0.05) is 6.07 Å². The van der Waals surface area contributed by atoms with Crippen LogP contribution in [-0.4, -0.2) is 29.4 Å². The van der Waals surface area contributed by atoms with Crippen molar-refractivity contribution in [2.45, 2.75) is 31.3 Å². The molecule has 2 atom stereocenters. The highest BCUT2D eigenvalue weighted by Gasteiger charge is 2.31. The van der Waals surface area contributed by atoms with Gasteiger partial charge in [0.1, 0.15) is 5.75 Å². The number of hydrogen-bond donors (Lipinski definition) is 2. The molecule has 92 valence electrons. The number of rotatable bonds is 3. The second-order valence-electron chi connectivity index (χ2n) is 4.35. The molecule has 0 radical (unpaired) electrons. The summed E-state index contributed by atoms with van der Waals surface area (Å²) in [5.41, 5.74) is 2.02. The summed E-state index contributed by atoms with van der Waals surface area (Å²) in [4.78, 5) is 10.9. The molecular weight excluding hydrogens is 220 g/mol. The van der Waals surface area contributed by atoms with E-state index in [4.69, 9.17) is 9.84 Å². The van der Waals surface area contributed by atoms with Gasteiger partial charge in [-0.15, -0.1) is 0 Å². The van der Waals surface area contributed by atoms with Crippen molar-refractivity contribution < 1.29 is 19.7 Å². The first-order chi connectivity index (χ1) is 8.13. The number of aliphatic carboxylic acids is 1. The van der Waals surface area contributed by atoms with Crippen molar-refractivity contribution in [3.8, 4) is 5.75 Å². The number of carboxylic acids is 1. The summed E-state index contributed by atoms with van der Waals surface area (Å²) in [5, 5.41) is 18.6. The molecule has 1 aliphatic carbocycles. The third-order valence-electron chi connectivity index (χ3n) is 3.35.